The lowest BCUT2D eigenvalue weighted by molar-refractivity contribution is -0.144. The standard InChI is InChI=1S/C13H24N2O3S/c1-13(7-3-2-4-8-13)12(16)15-9-5-11(6-10-15)19(14,17)18/h11H,2-10H2,1H3,(H2,14,17,18). The quantitative estimate of drug-likeness (QED) is 0.830. The first-order valence-corrected chi connectivity index (χ1v) is 8.75. The van der Waals surface area contributed by atoms with Gasteiger partial charge in [0.05, 0.1) is 5.25 Å². The zero-order valence-corrected chi connectivity index (χ0v) is 12.4. The van der Waals surface area contributed by atoms with Crippen LogP contribution in [-0.2, 0) is 14.8 Å². The Hall–Kier alpha value is -0.620. The van der Waals surface area contributed by atoms with Crippen molar-refractivity contribution in [1.82, 2.24) is 4.90 Å². The Kier molecular flexibility index (Phi) is 4.20. The molecule has 0 aromatic rings. The second-order valence-corrected chi connectivity index (χ2v) is 8.05. The minimum absolute atomic E-state index is 0.208. The lowest BCUT2D eigenvalue weighted by Gasteiger charge is -2.39. The van der Waals surface area contributed by atoms with Gasteiger partial charge in [0, 0.05) is 18.5 Å². The average Bonchev–Trinajstić information content (AvgIpc) is 2.38. The number of piperidine rings is 1. The van der Waals surface area contributed by atoms with Crippen molar-refractivity contribution in [3.05, 3.63) is 0 Å². The summed E-state index contributed by atoms with van der Waals surface area (Å²) in [6.45, 7) is 3.10. The summed E-state index contributed by atoms with van der Waals surface area (Å²) in [6, 6.07) is 0. The van der Waals surface area contributed by atoms with Crippen LogP contribution in [0.2, 0.25) is 0 Å². The number of likely N-dealkylation sites (tertiary alicyclic amines) is 1. The van der Waals surface area contributed by atoms with Crippen LogP contribution in [0.3, 0.4) is 0 Å². The maximum Gasteiger partial charge on any atom is 0.228 e. The molecule has 0 atom stereocenters. The first kappa shape index (κ1) is 14.8. The molecule has 2 aliphatic rings. The molecule has 0 spiro atoms. The zero-order chi connectivity index (χ0) is 14.1. The van der Waals surface area contributed by atoms with E-state index in [2.05, 4.69) is 6.92 Å². The molecule has 0 unspecified atom stereocenters. The number of amides is 1. The summed E-state index contributed by atoms with van der Waals surface area (Å²) in [6.07, 6.45) is 6.32. The Labute approximate surface area is 115 Å². The van der Waals surface area contributed by atoms with Crippen LogP contribution in [-0.4, -0.2) is 37.6 Å². The summed E-state index contributed by atoms with van der Waals surface area (Å²) in [5.41, 5.74) is -0.229. The van der Waals surface area contributed by atoms with E-state index in [-0.39, 0.29) is 11.3 Å². The van der Waals surface area contributed by atoms with Gasteiger partial charge in [0.2, 0.25) is 15.9 Å². The lowest BCUT2D eigenvalue weighted by Crippen LogP contribution is -2.49. The molecule has 2 rings (SSSR count). The Morgan fingerprint density at radius 3 is 2.16 bits per heavy atom. The summed E-state index contributed by atoms with van der Waals surface area (Å²) in [4.78, 5) is 14.4. The van der Waals surface area contributed by atoms with Gasteiger partial charge in [-0.3, -0.25) is 4.79 Å². The number of primary sulfonamides is 1. The van der Waals surface area contributed by atoms with Crippen molar-refractivity contribution in [1.29, 1.82) is 0 Å². The van der Waals surface area contributed by atoms with Gasteiger partial charge in [-0.25, -0.2) is 13.6 Å². The van der Waals surface area contributed by atoms with E-state index in [9.17, 15) is 13.2 Å². The van der Waals surface area contributed by atoms with E-state index in [1.165, 1.54) is 6.42 Å². The number of sulfonamides is 1. The maximum absolute atomic E-state index is 12.6. The van der Waals surface area contributed by atoms with E-state index in [1.54, 1.807) is 0 Å². The van der Waals surface area contributed by atoms with Gasteiger partial charge in [-0.2, -0.15) is 0 Å². The molecule has 1 aliphatic heterocycles. The number of hydrogen-bond acceptors (Lipinski definition) is 3. The van der Waals surface area contributed by atoms with Gasteiger partial charge in [-0.15, -0.1) is 0 Å². The number of rotatable bonds is 2. The van der Waals surface area contributed by atoms with Crippen LogP contribution in [0, 0.1) is 5.41 Å². The van der Waals surface area contributed by atoms with E-state index in [1.807, 2.05) is 4.90 Å². The first-order valence-electron chi connectivity index (χ1n) is 7.14. The molecule has 1 saturated heterocycles. The number of carbonyl (C=O) groups is 1. The Bertz CT molecular complexity index is 433. The fourth-order valence-electron chi connectivity index (χ4n) is 3.32. The molecule has 2 fully saturated rings. The molecule has 19 heavy (non-hydrogen) atoms. The van der Waals surface area contributed by atoms with Crippen LogP contribution in [0.15, 0.2) is 0 Å². The van der Waals surface area contributed by atoms with Crippen LogP contribution in [0.4, 0.5) is 0 Å². The normalized spacial score (nSPS) is 25.3. The SMILES string of the molecule is CC1(C(=O)N2CCC(S(N)(=O)=O)CC2)CCCCC1. The minimum atomic E-state index is -3.45. The van der Waals surface area contributed by atoms with Crippen LogP contribution < -0.4 is 5.14 Å². The van der Waals surface area contributed by atoms with Crippen molar-refractivity contribution in [3.63, 3.8) is 0 Å². The fraction of sp³-hybridized carbons (Fsp3) is 0.923. The highest BCUT2D eigenvalue weighted by Crippen LogP contribution is 2.38. The van der Waals surface area contributed by atoms with Crippen LogP contribution >= 0.6 is 0 Å². The predicted molar refractivity (Wildman–Crippen MR) is 73.9 cm³/mol. The summed E-state index contributed by atoms with van der Waals surface area (Å²) < 4.78 is 22.6. The van der Waals surface area contributed by atoms with Crippen molar-refractivity contribution in [2.24, 2.45) is 10.6 Å². The molecule has 5 nitrogen and oxygen atoms in total. The molecule has 0 bridgehead atoms. The molecule has 2 N–H and O–H groups in total. The van der Waals surface area contributed by atoms with E-state index >= 15 is 0 Å². The smallest absolute Gasteiger partial charge is 0.228 e. The molecular weight excluding hydrogens is 264 g/mol. The first-order chi connectivity index (χ1) is 8.83. The Balaban J connectivity index is 1.96. The fourth-order valence-corrected chi connectivity index (χ4v) is 4.18. The zero-order valence-electron chi connectivity index (χ0n) is 11.6. The molecule has 6 heteroatoms. The van der Waals surface area contributed by atoms with E-state index in [4.69, 9.17) is 5.14 Å². The summed E-state index contributed by atoms with van der Waals surface area (Å²) in [5.74, 6) is 0.208. The van der Waals surface area contributed by atoms with Crippen LogP contribution in [0.5, 0.6) is 0 Å². The predicted octanol–water partition coefficient (Wildman–Crippen LogP) is 1.24. The Morgan fingerprint density at radius 2 is 1.68 bits per heavy atom. The van der Waals surface area contributed by atoms with E-state index in [0.29, 0.717) is 25.9 Å². The Morgan fingerprint density at radius 1 is 1.16 bits per heavy atom. The monoisotopic (exact) mass is 288 g/mol. The second kappa shape index (κ2) is 5.40. The molecule has 0 aromatic carbocycles. The molecule has 110 valence electrons. The lowest BCUT2D eigenvalue weighted by atomic mass is 9.74. The third-order valence-corrected chi connectivity index (χ3v) is 6.07. The molecule has 1 aliphatic carbocycles. The molecule has 1 amide bonds. The van der Waals surface area contributed by atoms with E-state index in [0.717, 1.165) is 25.7 Å². The van der Waals surface area contributed by atoms with Gasteiger partial charge < -0.3 is 4.90 Å². The molecule has 0 aromatic heterocycles. The van der Waals surface area contributed by atoms with Gasteiger partial charge in [-0.05, 0) is 25.7 Å². The van der Waals surface area contributed by atoms with Gasteiger partial charge in [-0.1, -0.05) is 26.2 Å². The third kappa shape index (κ3) is 3.28. The van der Waals surface area contributed by atoms with Crippen molar-refractivity contribution in [2.75, 3.05) is 13.1 Å². The van der Waals surface area contributed by atoms with Gasteiger partial charge in [0.15, 0.2) is 0 Å². The topological polar surface area (TPSA) is 80.5 Å². The minimum Gasteiger partial charge on any atom is -0.342 e. The van der Waals surface area contributed by atoms with Crippen molar-refractivity contribution in [3.8, 4) is 0 Å². The van der Waals surface area contributed by atoms with Gasteiger partial charge in [0.1, 0.15) is 0 Å². The van der Waals surface area contributed by atoms with Gasteiger partial charge in [0.25, 0.3) is 0 Å². The highest BCUT2D eigenvalue weighted by atomic mass is 32.2. The molecule has 0 radical (unpaired) electrons. The number of carbonyl (C=O) groups excluding carboxylic acids is 1. The molecule has 1 heterocycles. The third-order valence-electron chi connectivity index (χ3n) is 4.67. The summed E-state index contributed by atoms with van der Waals surface area (Å²) in [7, 11) is -3.45. The highest BCUT2D eigenvalue weighted by Gasteiger charge is 2.39. The maximum atomic E-state index is 12.6. The van der Waals surface area contributed by atoms with Crippen molar-refractivity contribution >= 4 is 15.9 Å². The summed E-state index contributed by atoms with van der Waals surface area (Å²) in [5, 5.41) is 4.69. The van der Waals surface area contributed by atoms with Gasteiger partial charge >= 0.3 is 0 Å². The van der Waals surface area contributed by atoms with E-state index < -0.39 is 15.3 Å². The molecule has 1 saturated carbocycles. The largest absolute Gasteiger partial charge is 0.342 e. The number of hydrogen-bond donors (Lipinski definition) is 1. The van der Waals surface area contributed by atoms with Crippen LogP contribution in [0.1, 0.15) is 51.9 Å². The number of nitrogens with zero attached hydrogens (tertiary/aromatic N) is 1. The van der Waals surface area contributed by atoms with Crippen molar-refractivity contribution < 1.29 is 13.2 Å². The highest BCUT2D eigenvalue weighted by molar-refractivity contribution is 7.89. The summed E-state index contributed by atoms with van der Waals surface area (Å²) >= 11 is 0. The number of nitrogens with two attached hydrogens (primary N) is 1. The van der Waals surface area contributed by atoms with Crippen molar-refractivity contribution in [2.45, 2.75) is 57.1 Å². The molecular formula is C13H24N2O3S. The van der Waals surface area contributed by atoms with Crippen LogP contribution in [0.25, 0.3) is 0 Å². The second-order valence-electron chi connectivity index (χ2n) is 6.20. The average molecular weight is 288 g/mol.